The van der Waals surface area contributed by atoms with Crippen molar-refractivity contribution in [3.63, 3.8) is 0 Å². The first-order valence-electron chi connectivity index (χ1n) is 42.3. The van der Waals surface area contributed by atoms with E-state index in [4.69, 9.17) is 0 Å². The van der Waals surface area contributed by atoms with Gasteiger partial charge in [-0.3, -0.25) is 67.1 Å². The molecule has 0 bridgehead atoms. The lowest BCUT2D eigenvalue weighted by Gasteiger charge is -2.40. The molecule has 4 aromatic carbocycles. The summed E-state index contributed by atoms with van der Waals surface area (Å²) >= 11 is 0. The Balaban J connectivity index is 1.54. The number of nitrogens with zero attached hydrogens (tertiary/aromatic N) is 9. The summed E-state index contributed by atoms with van der Waals surface area (Å²) in [6.45, 7) is 21.6. The summed E-state index contributed by atoms with van der Waals surface area (Å²) in [5.74, 6) is -13.4. The Morgan fingerprint density at radius 1 is 0.445 bits per heavy atom. The van der Waals surface area contributed by atoms with Crippen molar-refractivity contribution in [1.29, 1.82) is 0 Å². The summed E-state index contributed by atoms with van der Waals surface area (Å²) in [6.07, 6.45) is -0.514. The van der Waals surface area contributed by atoms with E-state index < -0.39 is 180 Å². The van der Waals surface area contributed by atoms with Crippen LogP contribution in [0.1, 0.15) is 170 Å². The first-order chi connectivity index (χ1) is 56.1. The van der Waals surface area contributed by atoms with Crippen LogP contribution in [-0.2, 0) is 92.8 Å². The van der Waals surface area contributed by atoms with E-state index >= 15 is 52.7 Å². The van der Waals surface area contributed by atoms with Gasteiger partial charge in [0.15, 0.2) is 5.78 Å². The fraction of sp³-hybridized carbons (Fsp3) is 0.587. The minimum atomic E-state index is -1.86. The van der Waals surface area contributed by atoms with E-state index in [-0.39, 0.29) is 75.0 Å². The molecule has 4 N–H and O–H groups in total. The zero-order chi connectivity index (χ0) is 88.6. The van der Waals surface area contributed by atoms with Gasteiger partial charge in [-0.25, -0.2) is 0 Å². The van der Waals surface area contributed by atoms with Crippen LogP contribution in [0.5, 0.6) is 0 Å². The molecule has 0 radical (unpaired) electrons. The number of hydrogen-bond acceptors (Lipinski definition) is 15. The van der Waals surface area contributed by atoms with Gasteiger partial charge in [-0.2, -0.15) is 0 Å². The van der Waals surface area contributed by atoms with E-state index in [2.05, 4.69) is 16.0 Å². The zero-order valence-electron chi connectivity index (χ0n) is 73.9. The van der Waals surface area contributed by atoms with E-state index in [0.717, 1.165) is 29.1 Å². The molecule has 652 valence electrons. The summed E-state index contributed by atoms with van der Waals surface area (Å²) in [4.78, 5) is 226. The van der Waals surface area contributed by atoms with E-state index in [0.29, 0.717) is 41.8 Å². The number of carbonyl (C=O) groups excluding carboxylic acids is 14. The molecule has 2 aliphatic rings. The Hall–Kier alpha value is -10.2. The number of carbonyl (C=O) groups is 14. The van der Waals surface area contributed by atoms with Crippen LogP contribution in [0, 0.1) is 35.5 Å². The molecule has 0 saturated carbocycles. The third kappa shape index (κ3) is 26.9. The average Bonchev–Trinajstić information content (AvgIpc) is 0.952. The van der Waals surface area contributed by atoms with Crippen LogP contribution >= 0.6 is 0 Å². The Morgan fingerprint density at radius 3 is 1.31 bits per heavy atom. The van der Waals surface area contributed by atoms with Crippen molar-refractivity contribution in [3.8, 4) is 0 Å². The lowest BCUT2D eigenvalue weighted by atomic mass is 9.92. The number of likely N-dealkylation sites (tertiary alicyclic amines) is 1. The Bertz CT molecular complexity index is 4090. The van der Waals surface area contributed by atoms with Gasteiger partial charge < -0.3 is 65.2 Å². The fourth-order valence-electron chi connectivity index (χ4n) is 15.8. The first-order valence-corrected chi connectivity index (χ1v) is 42.3. The maximum Gasteiger partial charge on any atom is 0.248 e. The first kappa shape index (κ1) is 97.6. The molecular formula is C92H134N12O15. The van der Waals surface area contributed by atoms with Crippen molar-refractivity contribution in [2.24, 2.45) is 35.5 Å². The number of hydrogen-bond donors (Lipinski definition) is 4. The second-order valence-corrected chi connectivity index (χ2v) is 34.5. The van der Waals surface area contributed by atoms with Gasteiger partial charge in [-0.15, -0.1) is 0 Å². The van der Waals surface area contributed by atoms with Crippen LogP contribution in [0.4, 0.5) is 0 Å². The third-order valence-electron chi connectivity index (χ3n) is 23.7. The Morgan fingerprint density at radius 2 is 0.840 bits per heavy atom. The van der Waals surface area contributed by atoms with Gasteiger partial charge in [-0.05, 0) is 105 Å². The van der Waals surface area contributed by atoms with Gasteiger partial charge in [0.05, 0.1) is 12.1 Å². The van der Waals surface area contributed by atoms with Crippen LogP contribution in [0.2, 0.25) is 0 Å². The van der Waals surface area contributed by atoms with Crippen molar-refractivity contribution >= 4 is 82.5 Å². The molecule has 4 aromatic rings. The van der Waals surface area contributed by atoms with Crippen molar-refractivity contribution in [2.45, 2.75) is 246 Å². The lowest BCUT2D eigenvalue weighted by molar-refractivity contribution is -0.156. The SMILES string of the molecule is CC[C@H](C)[C@@H]1NC(=O)[C@H](Cc2ccccc2)N(C)C(=O)[C@H]([C@@H](C)O)NC(=O)[C@@H](C)CC(=O)C[C@@H](C(=O)N(C)[C@@H](Cc2ccccc2)C(=O)N(C)[C@@H](Cc2ccccc2)C(=O)C[C@@H](C)C(=O)N2CCCCC2)NC(=O)[C@H](CC(C)C)N(C)C(=O)[C@H](CC(C)C)N(C)C(=O)[C@H](Cc2ccccc2)N(C)C(=O)[C@H](CC(C)C)N(C)C(=O)[C@H](C)N(C)C1=O. The predicted octanol–water partition coefficient (Wildman–Crippen LogP) is 7.22. The smallest absolute Gasteiger partial charge is 0.248 e. The van der Waals surface area contributed by atoms with Crippen LogP contribution < -0.4 is 16.0 Å². The molecule has 2 aliphatic heterocycles. The highest BCUT2D eigenvalue weighted by Crippen LogP contribution is 2.28. The maximum absolute atomic E-state index is 16.1. The van der Waals surface area contributed by atoms with Gasteiger partial charge in [0.1, 0.15) is 66.2 Å². The highest BCUT2D eigenvalue weighted by Gasteiger charge is 2.46. The number of nitrogens with one attached hydrogen (secondary N) is 3. The second-order valence-electron chi connectivity index (χ2n) is 34.5. The number of rotatable bonds is 25. The molecule has 0 aliphatic carbocycles. The molecule has 2 heterocycles. The topological polar surface area (TPSA) is 324 Å². The molecular weight excluding hydrogens is 1510 g/mol. The number of Topliss-reactive ketones (excluding diaryl/α,β-unsaturated/α-hetero) is 2. The van der Waals surface area contributed by atoms with Gasteiger partial charge >= 0.3 is 0 Å². The number of amides is 12. The highest BCUT2D eigenvalue weighted by molar-refractivity contribution is 6.02. The maximum atomic E-state index is 16.1. The van der Waals surface area contributed by atoms with Crippen LogP contribution in [0.25, 0.3) is 0 Å². The molecule has 0 aromatic heterocycles. The molecule has 0 spiro atoms. The number of piperidine rings is 1. The second kappa shape index (κ2) is 45.8. The summed E-state index contributed by atoms with van der Waals surface area (Å²) in [5, 5.41) is 19.8. The number of benzene rings is 4. The number of likely N-dealkylation sites (N-methyl/N-ethyl adjacent to an activating group) is 8. The van der Waals surface area contributed by atoms with Gasteiger partial charge in [0, 0.05) is 120 Å². The van der Waals surface area contributed by atoms with E-state index in [1.54, 1.807) is 122 Å². The van der Waals surface area contributed by atoms with Crippen molar-refractivity contribution < 1.29 is 72.2 Å². The van der Waals surface area contributed by atoms with Gasteiger partial charge in [0.25, 0.3) is 0 Å². The lowest BCUT2D eigenvalue weighted by Crippen LogP contribution is -2.62. The van der Waals surface area contributed by atoms with Crippen LogP contribution in [-0.4, -0.2) is 274 Å². The van der Waals surface area contributed by atoms with E-state index in [1.807, 2.05) is 66.7 Å². The Labute approximate surface area is 705 Å². The largest absolute Gasteiger partial charge is 0.391 e. The molecule has 27 nitrogen and oxygen atoms in total. The van der Waals surface area contributed by atoms with Crippen molar-refractivity contribution in [2.75, 3.05) is 69.5 Å². The number of aliphatic hydroxyl groups is 1. The highest BCUT2D eigenvalue weighted by atomic mass is 16.3. The predicted molar refractivity (Wildman–Crippen MR) is 457 cm³/mol. The minimum Gasteiger partial charge on any atom is -0.391 e. The summed E-state index contributed by atoms with van der Waals surface area (Å²) in [5.41, 5.74) is 2.53. The molecule has 2 fully saturated rings. The monoisotopic (exact) mass is 1650 g/mol. The molecule has 12 amide bonds. The van der Waals surface area contributed by atoms with Crippen molar-refractivity contribution in [1.82, 2.24) is 60.0 Å². The van der Waals surface area contributed by atoms with Crippen molar-refractivity contribution in [3.05, 3.63) is 144 Å². The average molecular weight is 1650 g/mol. The normalized spacial score (nSPS) is 23.5. The van der Waals surface area contributed by atoms with Gasteiger partial charge in [-0.1, -0.05) is 197 Å². The zero-order valence-corrected chi connectivity index (χ0v) is 73.9. The number of ketones is 2. The number of aliphatic hydroxyl groups excluding tert-OH is 1. The van der Waals surface area contributed by atoms with Crippen LogP contribution in [0.3, 0.4) is 0 Å². The molecule has 6 rings (SSSR count). The van der Waals surface area contributed by atoms with Crippen LogP contribution in [0.15, 0.2) is 121 Å². The Kier molecular flexibility index (Phi) is 37.6. The summed E-state index contributed by atoms with van der Waals surface area (Å²) in [7, 11) is 11.3. The van der Waals surface area contributed by atoms with Gasteiger partial charge in [0.2, 0.25) is 70.9 Å². The molecule has 119 heavy (non-hydrogen) atoms. The molecule has 27 heteroatoms. The van der Waals surface area contributed by atoms with E-state index in [9.17, 15) is 19.5 Å². The van der Waals surface area contributed by atoms with E-state index in [1.165, 1.54) is 107 Å². The summed E-state index contributed by atoms with van der Waals surface area (Å²) < 4.78 is 0. The minimum absolute atomic E-state index is 0.0337. The molecule has 2 saturated heterocycles. The molecule has 0 unspecified atom stereocenters. The molecule has 15 atom stereocenters. The fourth-order valence-corrected chi connectivity index (χ4v) is 15.8. The third-order valence-corrected chi connectivity index (χ3v) is 23.7. The summed E-state index contributed by atoms with van der Waals surface area (Å²) in [6, 6.07) is 19.9. The quantitative estimate of drug-likeness (QED) is 0.0509. The standard InChI is InChI=1S/C92H134N12O15/c1-21-60(8)79-91(118)96(13)63(11)85(112)100(17)74(48-58(4)5)88(115)103(20)77(55-68-43-33-25-34-44-68)90(117)102(19)75(49-59(6)7)87(114)98(15)72(47-57(2)3)82(109)93-70(56-69(106)50-61(9)81(108)95-80(64(12)105)92(119)99(16)73(83(110)94-79)53-66-39-29-23-30-40-66)86(113)101(18)76(54-67-41-31-24-32-42-67)89(116)97(14)71(52-65-37-27-22-28-38-65)78(107)51-62(10)84(111)104-45-35-26-36-46-104/h22-25,27-34,37-44,57-64,70-77,79-80,105H,21,26,35-36,45-56H2,1-20H3,(H,93,109)(H,94,110)(H,95,108)/t60-,61-,62+,63-,64+,70-,71-,72-,73-,74-,75-,76-,77-,79-,80-/m0/s1.